The van der Waals surface area contributed by atoms with Gasteiger partial charge in [-0.2, -0.15) is 0 Å². The maximum atomic E-state index is 5.99. The van der Waals surface area contributed by atoms with Crippen molar-refractivity contribution in [3.63, 3.8) is 0 Å². The predicted octanol–water partition coefficient (Wildman–Crippen LogP) is 0.893. The normalized spacial score (nSPS) is 35.1. The molecule has 3 rings (SSSR count). The first-order valence-electron chi connectivity index (χ1n) is 5.30. The van der Waals surface area contributed by atoms with Gasteiger partial charge in [-0.05, 0) is 12.8 Å². The zero-order valence-electron chi connectivity index (χ0n) is 7.97. The molecule has 2 spiro atoms. The minimum atomic E-state index is -0.0217. The highest BCUT2D eigenvalue weighted by molar-refractivity contribution is 5.00. The Labute approximate surface area is 78.8 Å². The van der Waals surface area contributed by atoms with Crippen molar-refractivity contribution in [1.82, 2.24) is 5.32 Å². The summed E-state index contributed by atoms with van der Waals surface area (Å²) < 4.78 is 11.3. The summed E-state index contributed by atoms with van der Waals surface area (Å²) in [5.41, 5.74) is 0.510. The van der Waals surface area contributed by atoms with Crippen LogP contribution in [0.15, 0.2) is 0 Å². The number of hydrogen-bond donors (Lipinski definition) is 1. The molecule has 2 aliphatic heterocycles. The van der Waals surface area contributed by atoms with Gasteiger partial charge < -0.3 is 9.47 Å². The van der Waals surface area contributed by atoms with Crippen molar-refractivity contribution in [2.24, 2.45) is 5.41 Å². The third-order valence-corrected chi connectivity index (χ3v) is 3.70. The van der Waals surface area contributed by atoms with E-state index in [9.17, 15) is 0 Å². The van der Waals surface area contributed by atoms with Crippen molar-refractivity contribution in [2.45, 2.75) is 31.4 Å². The molecule has 3 heteroatoms. The van der Waals surface area contributed by atoms with Gasteiger partial charge in [0.05, 0.1) is 19.8 Å². The third kappa shape index (κ3) is 1.39. The molecule has 0 aromatic carbocycles. The Morgan fingerprint density at radius 3 is 2.31 bits per heavy atom. The molecule has 0 bridgehead atoms. The molecule has 3 fully saturated rings. The Morgan fingerprint density at radius 1 is 1.00 bits per heavy atom. The van der Waals surface area contributed by atoms with Gasteiger partial charge in [0.1, 0.15) is 5.72 Å². The summed E-state index contributed by atoms with van der Waals surface area (Å²) in [5, 5.41) is 3.58. The van der Waals surface area contributed by atoms with Crippen LogP contribution in [0.2, 0.25) is 0 Å². The van der Waals surface area contributed by atoms with Crippen molar-refractivity contribution >= 4 is 0 Å². The van der Waals surface area contributed by atoms with Crippen molar-refractivity contribution in [3.05, 3.63) is 0 Å². The second-order valence-electron chi connectivity index (χ2n) is 4.75. The number of nitrogens with one attached hydrogen (secondary N) is 1. The molecular formula is C10H17NO2. The predicted molar refractivity (Wildman–Crippen MR) is 48.4 cm³/mol. The van der Waals surface area contributed by atoms with E-state index in [-0.39, 0.29) is 5.72 Å². The van der Waals surface area contributed by atoms with E-state index in [1.54, 1.807) is 0 Å². The van der Waals surface area contributed by atoms with Crippen LogP contribution in [0.4, 0.5) is 0 Å². The number of ether oxygens (including phenoxy) is 2. The molecule has 0 amide bonds. The van der Waals surface area contributed by atoms with Crippen LogP contribution in [0.25, 0.3) is 0 Å². The smallest absolute Gasteiger partial charge is 0.123 e. The maximum absolute atomic E-state index is 5.99. The Balaban J connectivity index is 1.65. The van der Waals surface area contributed by atoms with Crippen molar-refractivity contribution in [1.29, 1.82) is 0 Å². The Kier molecular flexibility index (Phi) is 1.70. The monoisotopic (exact) mass is 183 g/mol. The summed E-state index contributed by atoms with van der Waals surface area (Å²) in [6.45, 7) is 3.83. The molecule has 0 unspecified atom stereocenters. The van der Waals surface area contributed by atoms with Crippen LogP contribution in [-0.4, -0.2) is 32.1 Å². The molecule has 3 aliphatic rings. The van der Waals surface area contributed by atoms with Crippen LogP contribution < -0.4 is 5.32 Å². The molecule has 0 aromatic rings. The number of hydrogen-bond acceptors (Lipinski definition) is 3. The van der Waals surface area contributed by atoms with E-state index in [1.807, 2.05) is 0 Å². The zero-order chi connectivity index (χ0) is 8.78. The quantitative estimate of drug-likeness (QED) is 0.605. The topological polar surface area (TPSA) is 30.5 Å². The Hall–Kier alpha value is -0.120. The van der Waals surface area contributed by atoms with E-state index in [0.29, 0.717) is 5.41 Å². The summed E-state index contributed by atoms with van der Waals surface area (Å²) in [6, 6.07) is 0. The fourth-order valence-electron chi connectivity index (χ4n) is 2.26. The average molecular weight is 183 g/mol. The molecule has 2 saturated heterocycles. The van der Waals surface area contributed by atoms with Crippen LogP contribution in [-0.2, 0) is 9.47 Å². The molecule has 1 N–H and O–H groups in total. The highest BCUT2D eigenvalue weighted by atomic mass is 16.5. The third-order valence-electron chi connectivity index (χ3n) is 3.70. The maximum Gasteiger partial charge on any atom is 0.123 e. The van der Waals surface area contributed by atoms with Crippen molar-refractivity contribution in [2.75, 3.05) is 26.4 Å². The lowest BCUT2D eigenvalue weighted by atomic mass is 9.98. The first-order valence-corrected chi connectivity index (χ1v) is 5.30. The Bertz CT molecular complexity index is 195. The molecule has 0 radical (unpaired) electrons. The lowest BCUT2D eigenvalue weighted by Gasteiger charge is -2.43. The minimum Gasteiger partial charge on any atom is -0.381 e. The van der Waals surface area contributed by atoms with Crippen LogP contribution in [0, 0.1) is 5.41 Å². The van der Waals surface area contributed by atoms with Crippen LogP contribution in [0.5, 0.6) is 0 Å². The fourth-order valence-corrected chi connectivity index (χ4v) is 2.26. The second-order valence-corrected chi connectivity index (χ2v) is 4.75. The zero-order valence-corrected chi connectivity index (χ0v) is 7.97. The second kappa shape index (κ2) is 2.69. The van der Waals surface area contributed by atoms with E-state index >= 15 is 0 Å². The first kappa shape index (κ1) is 8.21. The molecule has 3 nitrogen and oxygen atoms in total. The van der Waals surface area contributed by atoms with Gasteiger partial charge in [0, 0.05) is 24.8 Å². The summed E-state index contributed by atoms with van der Waals surface area (Å²) in [4.78, 5) is 0. The van der Waals surface area contributed by atoms with Gasteiger partial charge in [-0.25, -0.2) is 0 Å². The first-order chi connectivity index (χ1) is 6.33. The van der Waals surface area contributed by atoms with E-state index in [0.717, 1.165) is 39.2 Å². The van der Waals surface area contributed by atoms with E-state index in [2.05, 4.69) is 5.32 Å². The summed E-state index contributed by atoms with van der Waals surface area (Å²) in [5.74, 6) is 0. The molecule has 13 heavy (non-hydrogen) atoms. The minimum absolute atomic E-state index is 0.0217. The molecule has 74 valence electrons. The highest BCUT2D eigenvalue weighted by Gasteiger charge is 2.50. The van der Waals surface area contributed by atoms with Gasteiger partial charge in [0.2, 0.25) is 0 Å². The average Bonchev–Trinajstić information content (AvgIpc) is 2.94. The lowest BCUT2D eigenvalue weighted by molar-refractivity contribution is -0.166. The van der Waals surface area contributed by atoms with E-state index in [4.69, 9.17) is 9.47 Å². The van der Waals surface area contributed by atoms with Crippen LogP contribution >= 0.6 is 0 Å². The summed E-state index contributed by atoms with van der Waals surface area (Å²) in [6.07, 6.45) is 4.74. The standard InChI is InChI=1S/C10H17NO2/c1-2-9(1)7-11-10(13-8-9)3-5-12-6-4-10/h11H,1-8H2. The molecule has 0 atom stereocenters. The molecule has 2 heterocycles. The SMILES string of the molecule is C1CC2(CCO1)NCC1(CC1)CO2. The molecule has 0 aromatic heterocycles. The van der Waals surface area contributed by atoms with Gasteiger partial charge in [-0.3, -0.25) is 5.32 Å². The van der Waals surface area contributed by atoms with Gasteiger partial charge in [-0.15, -0.1) is 0 Å². The van der Waals surface area contributed by atoms with E-state index < -0.39 is 0 Å². The van der Waals surface area contributed by atoms with Gasteiger partial charge in [-0.1, -0.05) is 0 Å². The molecular weight excluding hydrogens is 166 g/mol. The van der Waals surface area contributed by atoms with Crippen molar-refractivity contribution < 1.29 is 9.47 Å². The van der Waals surface area contributed by atoms with E-state index in [1.165, 1.54) is 12.8 Å². The van der Waals surface area contributed by atoms with Crippen LogP contribution in [0.3, 0.4) is 0 Å². The van der Waals surface area contributed by atoms with Gasteiger partial charge in [0.15, 0.2) is 0 Å². The van der Waals surface area contributed by atoms with Crippen molar-refractivity contribution in [3.8, 4) is 0 Å². The summed E-state index contributed by atoms with van der Waals surface area (Å²) in [7, 11) is 0. The molecule has 1 aliphatic carbocycles. The number of rotatable bonds is 0. The fraction of sp³-hybridized carbons (Fsp3) is 1.00. The van der Waals surface area contributed by atoms with Gasteiger partial charge in [0.25, 0.3) is 0 Å². The van der Waals surface area contributed by atoms with Crippen LogP contribution in [0.1, 0.15) is 25.7 Å². The lowest BCUT2D eigenvalue weighted by Crippen LogP contribution is -2.58. The summed E-state index contributed by atoms with van der Waals surface area (Å²) >= 11 is 0. The Morgan fingerprint density at radius 2 is 1.77 bits per heavy atom. The largest absolute Gasteiger partial charge is 0.381 e. The van der Waals surface area contributed by atoms with Gasteiger partial charge >= 0.3 is 0 Å². The molecule has 1 saturated carbocycles. The highest BCUT2D eigenvalue weighted by Crippen LogP contribution is 2.48.